The largest absolute Gasteiger partial charge is 0.321 e. The van der Waals surface area contributed by atoms with Crippen molar-refractivity contribution in [1.29, 1.82) is 0 Å². The lowest BCUT2D eigenvalue weighted by Crippen LogP contribution is -2.12. The number of fused-ring (bicyclic) bond motifs is 1. The van der Waals surface area contributed by atoms with E-state index in [1.54, 1.807) is 60.7 Å². The number of nitrogens with one attached hydrogen (secondary N) is 1. The van der Waals surface area contributed by atoms with Gasteiger partial charge in [0, 0.05) is 22.4 Å². The Hall–Kier alpha value is -3.44. The first-order valence-electron chi connectivity index (χ1n) is 9.11. The van der Waals surface area contributed by atoms with E-state index in [1.165, 1.54) is 0 Å². The zero-order chi connectivity index (χ0) is 20.2. The van der Waals surface area contributed by atoms with E-state index in [2.05, 4.69) is 5.32 Å². The topological polar surface area (TPSA) is 63.2 Å². The highest BCUT2D eigenvalue weighted by atomic mass is 32.2. The summed E-state index contributed by atoms with van der Waals surface area (Å²) in [5, 5.41) is 2.81. The van der Waals surface area contributed by atoms with Gasteiger partial charge in [-0.2, -0.15) is 0 Å². The predicted molar refractivity (Wildman–Crippen MR) is 116 cm³/mol. The Morgan fingerprint density at radius 3 is 2.03 bits per heavy atom. The molecule has 0 aliphatic carbocycles. The summed E-state index contributed by atoms with van der Waals surface area (Å²) in [4.78, 5) is 38.8. The van der Waals surface area contributed by atoms with Gasteiger partial charge in [-0.1, -0.05) is 78.9 Å². The number of thioether (sulfide) groups is 1. The summed E-state index contributed by atoms with van der Waals surface area (Å²) in [7, 11) is 0. The van der Waals surface area contributed by atoms with Crippen molar-refractivity contribution in [2.75, 3.05) is 11.1 Å². The van der Waals surface area contributed by atoms with Crippen LogP contribution < -0.4 is 5.32 Å². The van der Waals surface area contributed by atoms with E-state index < -0.39 is 0 Å². The number of amides is 1. The second kappa shape index (κ2) is 8.29. The molecular weight excluding hydrogens is 382 g/mol. The minimum absolute atomic E-state index is 0.0663. The van der Waals surface area contributed by atoms with E-state index in [4.69, 9.17) is 0 Å². The molecule has 142 valence electrons. The minimum atomic E-state index is -0.329. The Morgan fingerprint density at radius 1 is 0.759 bits per heavy atom. The van der Waals surface area contributed by atoms with Crippen molar-refractivity contribution in [2.24, 2.45) is 0 Å². The van der Waals surface area contributed by atoms with Crippen molar-refractivity contribution in [3.63, 3.8) is 0 Å². The van der Waals surface area contributed by atoms with Gasteiger partial charge >= 0.3 is 0 Å². The van der Waals surface area contributed by atoms with Gasteiger partial charge in [0.1, 0.15) is 0 Å². The maximum atomic E-state index is 13.3. The van der Waals surface area contributed by atoms with Crippen LogP contribution in [0.5, 0.6) is 0 Å². The average Bonchev–Trinajstić information content (AvgIpc) is 3.10. The highest BCUT2D eigenvalue weighted by Gasteiger charge is 2.31. The Bertz CT molecular complexity index is 1120. The van der Waals surface area contributed by atoms with Crippen LogP contribution in [0, 0.1) is 0 Å². The molecule has 4 nitrogen and oxygen atoms in total. The second-order valence-corrected chi connectivity index (χ2v) is 7.46. The molecule has 0 saturated carbocycles. The molecular formula is C24H17NO3S. The molecule has 0 unspecified atom stereocenters. The Balaban J connectivity index is 1.74. The lowest BCUT2D eigenvalue weighted by Gasteiger charge is -2.10. The summed E-state index contributed by atoms with van der Waals surface area (Å²) in [6.45, 7) is 0. The number of Topliss-reactive ketones (excluding diaryl/α,β-unsaturated/α-hetero) is 2. The molecule has 1 aliphatic heterocycles. The molecule has 4 rings (SSSR count). The van der Waals surface area contributed by atoms with Crippen LogP contribution in [0.1, 0.15) is 26.3 Å². The van der Waals surface area contributed by atoms with Crippen molar-refractivity contribution in [3.8, 4) is 0 Å². The second-order valence-electron chi connectivity index (χ2n) is 6.48. The number of rotatable bonds is 6. The van der Waals surface area contributed by atoms with Crippen LogP contribution in [0.15, 0.2) is 89.8 Å². The molecule has 0 bridgehead atoms. The van der Waals surface area contributed by atoms with Gasteiger partial charge in [0.25, 0.3) is 5.91 Å². The molecule has 1 aliphatic rings. The van der Waals surface area contributed by atoms with E-state index in [0.29, 0.717) is 28.0 Å². The first kappa shape index (κ1) is 18.9. The van der Waals surface area contributed by atoms with Crippen LogP contribution in [-0.4, -0.2) is 23.2 Å². The lowest BCUT2D eigenvalue weighted by atomic mass is 10.0. The van der Waals surface area contributed by atoms with E-state index in [1.807, 2.05) is 24.3 Å². The monoisotopic (exact) mass is 399 g/mol. The van der Waals surface area contributed by atoms with Gasteiger partial charge in [0.15, 0.2) is 11.6 Å². The summed E-state index contributed by atoms with van der Waals surface area (Å²) < 4.78 is 0. The molecule has 5 heteroatoms. The number of allylic oxidation sites excluding steroid dienone is 1. The molecule has 0 atom stereocenters. The Kier molecular flexibility index (Phi) is 5.40. The van der Waals surface area contributed by atoms with Crippen LogP contribution in [0.2, 0.25) is 0 Å². The maximum absolute atomic E-state index is 13.3. The number of ketones is 2. The van der Waals surface area contributed by atoms with Crippen LogP contribution in [0.4, 0.5) is 5.69 Å². The molecule has 29 heavy (non-hydrogen) atoms. The molecule has 0 radical (unpaired) electrons. The number of anilines is 1. The molecule has 1 amide bonds. The van der Waals surface area contributed by atoms with Crippen molar-refractivity contribution in [3.05, 3.63) is 107 Å². The molecule has 1 heterocycles. The fraction of sp³-hybridized carbons (Fsp3) is 0.0417. The third kappa shape index (κ3) is 3.91. The first-order valence-corrected chi connectivity index (χ1v) is 10.1. The zero-order valence-electron chi connectivity index (χ0n) is 15.4. The fourth-order valence-electron chi connectivity index (χ4n) is 3.16. The summed E-state index contributed by atoms with van der Waals surface area (Å²) in [6.07, 6.45) is 0. The first-order chi connectivity index (χ1) is 14.1. The van der Waals surface area contributed by atoms with Gasteiger partial charge in [-0.15, -0.1) is 11.8 Å². The Morgan fingerprint density at radius 2 is 1.34 bits per heavy atom. The summed E-state index contributed by atoms with van der Waals surface area (Å²) >= 11 is 1.11. The molecule has 3 aromatic carbocycles. The number of carbonyl (C=O) groups excluding carboxylic acids is 3. The van der Waals surface area contributed by atoms with E-state index in [-0.39, 0.29) is 28.1 Å². The SMILES string of the molecule is O=C1Nc2ccccc2/C1=C(/SCC(=O)c1ccccc1)C(=O)c1ccccc1. The normalized spacial score (nSPS) is 14.1. The van der Waals surface area contributed by atoms with Gasteiger partial charge in [-0.25, -0.2) is 0 Å². The van der Waals surface area contributed by atoms with Gasteiger partial charge in [-0.05, 0) is 6.07 Å². The van der Waals surface area contributed by atoms with Gasteiger partial charge in [0.05, 0.1) is 16.2 Å². The number of para-hydroxylation sites is 1. The number of carbonyl (C=O) groups is 3. The summed E-state index contributed by atoms with van der Waals surface area (Å²) in [6, 6.07) is 25.0. The maximum Gasteiger partial charge on any atom is 0.257 e. The molecule has 1 N–H and O–H groups in total. The number of hydrogen-bond donors (Lipinski definition) is 1. The fourth-order valence-corrected chi connectivity index (χ4v) is 4.20. The molecule has 0 aromatic heterocycles. The number of benzene rings is 3. The summed E-state index contributed by atoms with van der Waals surface area (Å²) in [5.41, 5.74) is 2.72. The van der Waals surface area contributed by atoms with Gasteiger partial charge in [0.2, 0.25) is 0 Å². The van der Waals surface area contributed by atoms with Crippen LogP contribution >= 0.6 is 11.8 Å². The van der Waals surface area contributed by atoms with Gasteiger partial charge < -0.3 is 5.32 Å². The van der Waals surface area contributed by atoms with E-state index in [0.717, 1.165) is 11.8 Å². The molecule has 0 fully saturated rings. The van der Waals surface area contributed by atoms with Crippen molar-refractivity contribution in [2.45, 2.75) is 0 Å². The quantitative estimate of drug-likeness (QED) is 0.475. The van der Waals surface area contributed by atoms with E-state index >= 15 is 0 Å². The highest BCUT2D eigenvalue weighted by molar-refractivity contribution is 8.04. The smallest absolute Gasteiger partial charge is 0.257 e. The molecule has 3 aromatic rings. The van der Waals surface area contributed by atoms with Crippen molar-refractivity contribution in [1.82, 2.24) is 0 Å². The standard InChI is InChI=1S/C24H17NO3S/c26-20(16-9-3-1-4-10-16)15-29-23(22(27)17-11-5-2-6-12-17)21-18-13-7-8-14-19(18)25-24(21)28/h1-14H,15H2,(H,25,28)/b23-21-. The third-order valence-corrected chi connectivity index (χ3v) is 5.67. The van der Waals surface area contributed by atoms with Gasteiger partial charge in [-0.3, -0.25) is 14.4 Å². The predicted octanol–water partition coefficient (Wildman–Crippen LogP) is 4.85. The minimum Gasteiger partial charge on any atom is -0.321 e. The van der Waals surface area contributed by atoms with Crippen LogP contribution in [-0.2, 0) is 4.79 Å². The Labute approximate surface area is 172 Å². The highest BCUT2D eigenvalue weighted by Crippen LogP contribution is 2.38. The lowest BCUT2D eigenvalue weighted by molar-refractivity contribution is -0.110. The molecule has 0 spiro atoms. The van der Waals surface area contributed by atoms with Crippen LogP contribution in [0.3, 0.4) is 0 Å². The van der Waals surface area contributed by atoms with Crippen molar-refractivity contribution < 1.29 is 14.4 Å². The molecule has 0 saturated heterocycles. The van der Waals surface area contributed by atoms with Crippen molar-refractivity contribution >= 4 is 40.5 Å². The average molecular weight is 399 g/mol. The van der Waals surface area contributed by atoms with E-state index in [9.17, 15) is 14.4 Å². The third-order valence-electron chi connectivity index (χ3n) is 4.58. The summed E-state index contributed by atoms with van der Waals surface area (Å²) in [5.74, 6) is -0.624. The van der Waals surface area contributed by atoms with Crippen LogP contribution in [0.25, 0.3) is 5.57 Å². The number of hydrogen-bond acceptors (Lipinski definition) is 4. The zero-order valence-corrected chi connectivity index (χ0v) is 16.2.